The van der Waals surface area contributed by atoms with Gasteiger partial charge in [-0.3, -0.25) is 4.98 Å². The Bertz CT molecular complexity index is 305. The van der Waals surface area contributed by atoms with Crippen molar-refractivity contribution in [2.45, 2.75) is 13.0 Å². The second kappa shape index (κ2) is 7.33. The number of pyridine rings is 1. The van der Waals surface area contributed by atoms with Gasteiger partial charge in [-0.15, -0.1) is 18.2 Å². The van der Waals surface area contributed by atoms with Gasteiger partial charge in [-0.25, -0.2) is 0 Å². The molecule has 2 nitrogen and oxygen atoms in total. The van der Waals surface area contributed by atoms with Crippen molar-refractivity contribution in [3.8, 4) is 12.3 Å². The third kappa shape index (κ3) is 4.87. The largest absolute Gasteiger partial charge is 0.308 e. The van der Waals surface area contributed by atoms with E-state index in [1.54, 1.807) is 11.8 Å². The van der Waals surface area contributed by atoms with E-state index in [1.807, 2.05) is 24.4 Å². The number of terminal acetylenes is 1. The highest BCUT2D eigenvalue weighted by Gasteiger charge is 2.03. The van der Waals surface area contributed by atoms with E-state index in [4.69, 9.17) is 6.42 Å². The molecular formula is C12H16N2S. The summed E-state index contributed by atoms with van der Waals surface area (Å²) in [5.74, 6) is 4.44. The minimum absolute atomic E-state index is 0.303. The van der Waals surface area contributed by atoms with E-state index < -0.39 is 0 Å². The van der Waals surface area contributed by atoms with E-state index >= 15 is 0 Å². The van der Waals surface area contributed by atoms with E-state index in [0.717, 1.165) is 23.7 Å². The summed E-state index contributed by atoms with van der Waals surface area (Å²) in [5.41, 5.74) is 1.08. The molecule has 1 aromatic heterocycles. The van der Waals surface area contributed by atoms with E-state index in [0.29, 0.717) is 6.04 Å². The number of nitrogens with zero attached hydrogens (tertiary/aromatic N) is 1. The molecule has 0 bridgehead atoms. The van der Waals surface area contributed by atoms with Gasteiger partial charge in [0.2, 0.25) is 0 Å². The van der Waals surface area contributed by atoms with Gasteiger partial charge in [0.05, 0.1) is 11.4 Å². The summed E-state index contributed by atoms with van der Waals surface area (Å²) in [4.78, 5) is 4.29. The van der Waals surface area contributed by atoms with Gasteiger partial charge < -0.3 is 5.32 Å². The maximum atomic E-state index is 5.16. The minimum Gasteiger partial charge on any atom is -0.308 e. The Hall–Kier alpha value is -0.980. The standard InChI is InChI=1S/C12H16N2S/c1-3-9-15-10-8-13-11(2)12-6-4-5-7-14-12/h1,4-7,11,13H,8-10H2,2H3. The molecule has 0 saturated carbocycles. The van der Waals surface area contributed by atoms with Crippen molar-refractivity contribution in [1.29, 1.82) is 0 Å². The van der Waals surface area contributed by atoms with E-state index in [-0.39, 0.29) is 0 Å². The first kappa shape index (κ1) is 12.1. The number of rotatable bonds is 6. The second-order valence-electron chi connectivity index (χ2n) is 3.19. The Morgan fingerprint density at radius 3 is 3.13 bits per heavy atom. The first-order valence-electron chi connectivity index (χ1n) is 5.00. The zero-order valence-corrected chi connectivity index (χ0v) is 9.76. The fourth-order valence-corrected chi connectivity index (χ4v) is 1.74. The third-order valence-electron chi connectivity index (χ3n) is 2.01. The third-order valence-corrected chi connectivity index (χ3v) is 2.88. The summed E-state index contributed by atoms with van der Waals surface area (Å²) < 4.78 is 0. The fraction of sp³-hybridized carbons (Fsp3) is 0.417. The topological polar surface area (TPSA) is 24.9 Å². The summed E-state index contributed by atoms with van der Waals surface area (Å²) in [7, 11) is 0. The van der Waals surface area contributed by atoms with E-state index in [1.165, 1.54) is 0 Å². The van der Waals surface area contributed by atoms with Crippen molar-refractivity contribution < 1.29 is 0 Å². The SMILES string of the molecule is C#CCSCCNC(C)c1ccccn1. The van der Waals surface area contributed by atoms with Gasteiger partial charge in [0, 0.05) is 24.5 Å². The van der Waals surface area contributed by atoms with Gasteiger partial charge >= 0.3 is 0 Å². The van der Waals surface area contributed by atoms with Crippen LogP contribution in [0, 0.1) is 12.3 Å². The molecule has 15 heavy (non-hydrogen) atoms. The molecule has 0 aliphatic rings. The van der Waals surface area contributed by atoms with Crippen LogP contribution in [0.5, 0.6) is 0 Å². The zero-order valence-electron chi connectivity index (χ0n) is 8.94. The fourth-order valence-electron chi connectivity index (χ4n) is 1.22. The van der Waals surface area contributed by atoms with Crippen LogP contribution < -0.4 is 5.32 Å². The molecule has 0 fully saturated rings. The predicted octanol–water partition coefficient (Wildman–Crippen LogP) is 2.10. The molecule has 1 unspecified atom stereocenters. The lowest BCUT2D eigenvalue weighted by atomic mass is 10.2. The van der Waals surface area contributed by atoms with Crippen LogP contribution in [0.2, 0.25) is 0 Å². The van der Waals surface area contributed by atoms with Crippen LogP contribution in [0.25, 0.3) is 0 Å². The molecule has 0 saturated heterocycles. The molecule has 0 radical (unpaired) electrons. The van der Waals surface area contributed by atoms with Crippen molar-refractivity contribution in [2.24, 2.45) is 0 Å². The monoisotopic (exact) mass is 220 g/mol. The van der Waals surface area contributed by atoms with Crippen LogP contribution in [0.3, 0.4) is 0 Å². The van der Waals surface area contributed by atoms with Crippen LogP contribution in [0.15, 0.2) is 24.4 Å². The first-order valence-corrected chi connectivity index (χ1v) is 6.15. The summed E-state index contributed by atoms with van der Waals surface area (Å²) in [6.07, 6.45) is 6.98. The number of nitrogens with one attached hydrogen (secondary N) is 1. The molecule has 1 N–H and O–H groups in total. The highest BCUT2D eigenvalue weighted by atomic mass is 32.2. The van der Waals surface area contributed by atoms with Crippen molar-refractivity contribution >= 4 is 11.8 Å². The number of hydrogen-bond acceptors (Lipinski definition) is 3. The van der Waals surface area contributed by atoms with Crippen molar-refractivity contribution in [3.63, 3.8) is 0 Å². The summed E-state index contributed by atoms with van der Waals surface area (Å²) in [6, 6.07) is 6.27. The Morgan fingerprint density at radius 1 is 1.60 bits per heavy atom. The molecule has 3 heteroatoms. The lowest BCUT2D eigenvalue weighted by Gasteiger charge is -2.12. The van der Waals surface area contributed by atoms with Gasteiger partial charge in [0.25, 0.3) is 0 Å². The quantitative estimate of drug-likeness (QED) is 0.587. The zero-order chi connectivity index (χ0) is 10.9. The van der Waals surface area contributed by atoms with Crippen molar-refractivity contribution in [3.05, 3.63) is 30.1 Å². The van der Waals surface area contributed by atoms with Crippen molar-refractivity contribution in [1.82, 2.24) is 10.3 Å². The second-order valence-corrected chi connectivity index (χ2v) is 4.29. The number of thioether (sulfide) groups is 1. The van der Waals surface area contributed by atoms with E-state index in [2.05, 4.69) is 23.1 Å². The van der Waals surface area contributed by atoms with Gasteiger partial charge in [0.1, 0.15) is 0 Å². The molecule has 1 heterocycles. The molecule has 1 atom stereocenters. The Kier molecular flexibility index (Phi) is 5.91. The van der Waals surface area contributed by atoms with Gasteiger partial charge in [-0.05, 0) is 19.1 Å². The molecular weight excluding hydrogens is 204 g/mol. The van der Waals surface area contributed by atoms with Crippen LogP contribution >= 0.6 is 11.8 Å². The summed E-state index contributed by atoms with van der Waals surface area (Å²) in [6.45, 7) is 3.08. The Labute approximate surface area is 95.9 Å². The molecule has 0 spiro atoms. The lowest BCUT2D eigenvalue weighted by molar-refractivity contribution is 0.586. The van der Waals surface area contributed by atoms with Crippen LogP contribution in [-0.2, 0) is 0 Å². The smallest absolute Gasteiger partial charge is 0.0570 e. The molecule has 1 aromatic rings. The van der Waals surface area contributed by atoms with Gasteiger partial charge in [-0.2, -0.15) is 0 Å². The lowest BCUT2D eigenvalue weighted by Crippen LogP contribution is -2.22. The molecule has 1 rings (SSSR count). The van der Waals surface area contributed by atoms with Crippen molar-refractivity contribution in [2.75, 3.05) is 18.1 Å². The maximum Gasteiger partial charge on any atom is 0.0570 e. The predicted molar refractivity (Wildman–Crippen MR) is 66.8 cm³/mol. The Morgan fingerprint density at radius 2 is 2.47 bits per heavy atom. The van der Waals surface area contributed by atoms with Gasteiger partial charge in [0.15, 0.2) is 0 Å². The van der Waals surface area contributed by atoms with Crippen LogP contribution in [0.1, 0.15) is 18.7 Å². The summed E-state index contributed by atoms with van der Waals surface area (Å²) >= 11 is 1.77. The Balaban J connectivity index is 2.20. The highest BCUT2D eigenvalue weighted by molar-refractivity contribution is 7.99. The first-order chi connectivity index (χ1) is 7.34. The van der Waals surface area contributed by atoms with Crippen LogP contribution in [-0.4, -0.2) is 23.0 Å². The summed E-state index contributed by atoms with van der Waals surface area (Å²) in [5, 5.41) is 3.41. The minimum atomic E-state index is 0.303. The molecule has 0 aromatic carbocycles. The van der Waals surface area contributed by atoms with E-state index in [9.17, 15) is 0 Å². The molecule has 0 amide bonds. The highest BCUT2D eigenvalue weighted by Crippen LogP contribution is 2.07. The molecule has 80 valence electrons. The average Bonchev–Trinajstić information content (AvgIpc) is 2.30. The normalized spacial score (nSPS) is 12.0. The average molecular weight is 220 g/mol. The maximum absolute atomic E-state index is 5.16. The number of hydrogen-bond donors (Lipinski definition) is 1. The van der Waals surface area contributed by atoms with Gasteiger partial charge in [-0.1, -0.05) is 12.0 Å². The van der Waals surface area contributed by atoms with Crippen LogP contribution in [0.4, 0.5) is 0 Å². The molecule has 0 aliphatic heterocycles. The number of aromatic nitrogens is 1. The molecule has 0 aliphatic carbocycles.